The molecule has 0 unspecified atom stereocenters. The molecule has 0 atom stereocenters. The van der Waals surface area contributed by atoms with Gasteiger partial charge in [0.05, 0.1) is 16.8 Å². The first-order chi connectivity index (χ1) is 15.9. The van der Waals surface area contributed by atoms with Crippen molar-refractivity contribution in [2.75, 3.05) is 0 Å². The van der Waals surface area contributed by atoms with Crippen LogP contribution in [-0.2, 0) is 0 Å². The van der Waals surface area contributed by atoms with Crippen LogP contribution in [0.15, 0.2) is 78.9 Å². The molecule has 1 heterocycles. The van der Waals surface area contributed by atoms with Crippen LogP contribution in [0.5, 0.6) is 5.75 Å². The smallest absolute Gasteiger partial charge is 0.344 e. The average Bonchev–Trinajstić information content (AvgIpc) is 2.79. The van der Waals surface area contributed by atoms with Crippen LogP contribution in [0.1, 0.15) is 27.0 Å². The molecule has 0 N–H and O–H groups in total. The van der Waals surface area contributed by atoms with Gasteiger partial charge in [-0.05, 0) is 73.0 Å². The first kappa shape index (κ1) is 21.2. The number of aromatic nitrogens is 1. The van der Waals surface area contributed by atoms with Crippen LogP contribution >= 0.6 is 11.6 Å². The molecular formula is C29H22ClNO2. The van der Waals surface area contributed by atoms with E-state index in [-0.39, 0.29) is 0 Å². The van der Waals surface area contributed by atoms with E-state index in [1.54, 1.807) is 0 Å². The number of esters is 1. The van der Waals surface area contributed by atoms with Gasteiger partial charge in [-0.25, -0.2) is 9.78 Å². The number of pyridine rings is 1. The summed E-state index contributed by atoms with van der Waals surface area (Å²) in [5, 5.41) is 3.57. The number of aryl methyl sites for hydroxylation is 2. The SMILES string of the molecule is Cc1cc(C)c2nc(-c3ccc(Cl)cc3)c(C)c(C(=O)Oc3ccc4ccccc4c3)c2c1. The lowest BCUT2D eigenvalue weighted by molar-refractivity contribution is 0.0736. The minimum atomic E-state index is -0.393. The second kappa shape index (κ2) is 8.34. The normalized spacial score (nSPS) is 11.2. The number of halogens is 1. The van der Waals surface area contributed by atoms with Gasteiger partial charge in [-0.1, -0.05) is 65.7 Å². The van der Waals surface area contributed by atoms with Crippen LogP contribution < -0.4 is 4.74 Å². The Kier molecular flexibility index (Phi) is 5.35. The van der Waals surface area contributed by atoms with Crippen LogP contribution in [0.2, 0.25) is 5.02 Å². The Hall–Kier alpha value is -3.69. The summed E-state index contributed by atoms with van der Waals surface area (Å²) >= 11 is 6.10. The number of ether oxygens (including phenoxy) is 1. The molecule has 0 aliphatic rings. The maximum Gasteiger partial charge on any atom is 0.344 e. The summed E-state index contributed by atoms with van der Waals surface area (Å²) in [5.74, 6) is 0.121. The fraction of sp³-hybridized carbons (Fsp3) is 0.103. The van der Waals surface area contributed by atoms with E-state index in [4.69, 9.17) is 21.3 Å². The molecule has 4 heteroatoms. The highest BCUT2D eigenvalue weighted by molar-refractivity contribution is 6.30. The number of fused-ring (bicyclic) bond motifs is 2. The zero-order valence-corrected chi connectivity index (χ0v) is 19.4. The topological polar surface area (TPSA) is 39.2 Å². The van der Waals surface area contributed by atoms with Gasteiger partial charge in [-0.2, -0.15) is 0 Å². The van der Waals surface area contributed by atoms with Crippen LogP contribution in [-0.4, -0.2) is 11.0 Å². The number of rotatable bonds is 3. The molecule has 0 saturated heterocycles. The summed E-state index contributed by atoms with van der Waals surface area (Å²) in [4.78, 5) is 18.5. The molecule has 5 aromatic rings. The molecule has 0 spiro atoms. The van der Waals surface area contributed by atoms with E-state index in [0.29, 0.717) is 16.3 Å². The summed E-state index contributed by atoms with van der Waals surface area (Å²) in [5.41, 5.74) is 5.84. The predicted octanol–water partition coefficient (Wildman–Crippen LogP) is 7.85. The summed E-state index contributed by atoms with van der Waals surface area (Å²) in [6.07, 6.45) is 0. The predicted molar refractivity (Wildman–Crippen MR) is 135 cm³/mol. The number of hydrogen-bond donors (Lipinski definition) is 0. The molecule has 4 aromatic carbocycles. The van der Waals surface area contributed by atoms with Gasteiger partial charge < -0.3 is 4.74 Å². The number of carbonyl (C=O) groups excluding carboxylic acids is 1. The molecule has 3 nitrogen and oxygen atoms in total. The molecule has 1 aromatic heterocycles. The number of hydrogen-bond acceptors (Lipinski definition) is 3. The third-order valence-electron chi connectivity index (χ3n) is 5.92. The van der Waals surface area contributed by atoms with Crippen LogP contribution in [0.3, 0.4) is 0 Å². The van der Waals surface area contributed by atoms with E-state index in [2.05, 4.69) is 6.07 Å². The van der Waals surface area contributed by atoms with Crippen molar-refractivity contribution in [2.24, 2.45) is 0 Å². The van der Waals surface area contributed by atoms with Gasteiger partial charge in [-0.15, -0.1) is 0 Å². The fourth-order valence-electron chi connectivity index (χ4n) is 4.36. The van der Waals surface area contributed by atoms with Crippen molar-refractivity contribution in [2.45, 2.75) is 20.8 Å². The van der Waals surface area contributed by atoms with E-state index in [1.807, 2.05) is 93.6 Å². The summed E-state index contributed by atoms with van der Waals surface area (Å²) in [6.45, 7) is 5.96. The third kappa shape index (κ3) is 3.96. The molecule has 0 aliphatic carbocycles. The van der Waals surface area contributed by atoms with E-state index in [1.165, 1.54) is 0 Å². The van der Waals surface area contributed by atoms with Gasteiger partial charge in [0, 0.05) is 16.0 Å². The number of nitrogens with zero attached hydrogens (tertiary/aromatic N) is 1. The minimum absolute atomic E-state index is 0.393. The largest absolute Gasteiger partial charge is 0.423 e. The Morgan fingerprint density at radius 1 is 0.848 bits per heavy atom. The van der Waals surface area contributed by atoms with Gasteiger partial charge >= 0.3 is 5.97 Å². The van der Waals surface area contributed by atoms with Crippen molar-refractivity contribution in [3.8, 4) is 17.0 Å². The standard InChI is InChI=1S/C29H22ClNO2/c1-17-14-18(2)27-25(15-17)26(19(3)28(31-27)21-8-11-23(30)12-9-21)29(32)33-24-13-10-20-6-4-5-7-22(20)16-24/h4-16H,1-3H3. The second-order valence-electron chi connectivity index (χ2n) is 8.34. The molecule has 0 bridgehead atoms. The highest BCUT2D eigenvalue weighted by atomic mass is 35.5. The first-order valence-electron chi connectivity index (χ1n) is 10.8. The molecule has 0 aliphatic heterocycles. The molecule has 162 valence electrons. The van der Waals surface area contributed by atoms with E-state index in [0.717, 1.165) is 49.6 Å². The molecule has 5 rings (SSSR count). The van der Waals surface area contributed by atoms with Crippen molar-refractivity contribution >= 4 is 39.2 Å². The van der Waals surface area contributed by atoms with E-state index >= 15 is 0 Å². The van der Waals surface area contributed by atoms with Crippen molar-refractivity contribution in [3.05, 3.63) is 106 Å². The molecule has 0 amide bonds. The summed E-state index contributed by atoms with van der Waals surface area (Å²) in [6, 6.07) is 25.3. The molecule has 33 heavy (non-hydrogen) atoms. The maximum atomic E-state index is 13.6. The zero-order valence-electron chi connectivity index (χ0n) is 18.6. The Morgan fingerprint density at radius 3 is 2.33 bits per heavy atom. The third-order valence-corrected chi connectivity index (χ3v) is 6.17. The minimum Gasteiger partial charge on any atom is -0.423 e. The van der Waals surface area contributed by atoms with Gasteiger partial charge in [0.25, 0.3) is 0 Å². The molecular weight excluding hydrogens is 430 g/mol. The summed E-state index contributed by atoms with van der Waals surface area (Å²) < 4.78 is 5.90. The number of benzene rings is 4. The van der Waals surface area contributed by atoms with Crippen molar-refractivity contribution in [3.63, 3.8) is 0 Å². The molecule has 0 saturated carbocycles. The maximum absolute atomic E-state index is 13.6. The lowest BCUT2D eigenvalue weighted by atomic mass is 9.95. The van der Waals surface area contributed by atoms with E-state index in [9.17, 15) is 4.79 Å². The van der Waals surface area contributed by atoms with Gasteiger partial charge in [-0.3, -0.25) is 0 Å². The van der Waals surface area contributed by atoms with Crippen LogP contribution in [0, 0.1) is 20.8 Å². The zero-order chi connectivity index (χ0) is 23.1. The highest BCUT2D eigenvalue weighted by Gasteiger charge is 2.22. The Morgan fingerprint density at radius 2 is 1.58 bits per heavy atom. The Balaban J connectivity index is 1.68. The Bertz CT molecular complexity index is 1540. The van der Waals surface area contributed by atoms with Gasteiger partial charge in [0.2, 0.25) is 0 Å². The lowest BCUT2D eigenvalue weighted by Crippen LogP contribution is -2.13. The van der Waals surface area contributed by atoms with E-state index < -0.39 is 5.97 Å². The van der Waals surface area contributed by atoms with Crippen LogP contribution in [0.4, 0.5) is 0 Å². The fourth-order valence-corrected chi connectivity index (χ4v) is 4.48. The van der Waals surface area contributed by atoms with Crippen LogP contribution in [0.25, 0.3) is 32.9 Å². The lowest BCUT2D eigenvalue weighted by Gasteiger charge is -2.16. The second-order valence-corrected chi connectivity index (χ2v) is 8.78. The van der Waals surface area contributed by atoms with Gasteiger partial charge in [0.1, 0.15) is 5.75 Å². The van der Waals surface area contributed by atoms with Crippen molar-refractivity contribution in [1.29, 1.82) is 0 Å². The summed E-state index contributed by atoms with van der Waals surface area (Å²) in [7, 11) is 0. The molecule has 0 radical (unpaired) electrons. The molecule has 0 fully saturated rings. The van der Waals surface area contributed by atoms with Gasteiger partial charge in [0.15, 0.2) is 0 Å². The monoisotopic (exact) mass is 451 g/mol. The average molecular weight is 452 g/mol. The highest BCUT2D eigenvalue weighted by Crippen LogP contribution is 2.33. The first-order valence-corrected chi connectivity index (χ1v) is 11.2. The number of carbonyl (C=O) groups is 1. The van der Waals surface area contributed by atoms with Crippen molar-refractivity contribution in [1.82, 2.24) is 4.98 Å². The van der Waals surface area contributed by atoms with Crippen molar-refractivity contribution < 1.29 is 9.53 Å². The Labute approximate surface area is 197 Å². The quantitative estimate of drug-likeness (QED) is 0.207.